The summed E-state index contributed by atoms with van der Waals surface area (Å²) in [5.41, 5.74) is 2.58. The van der Waals surface area contributed by atoms with Crippen LogP contribution in [0.2, 0.25) is 0 Å². The van der Waals surface area contributed by atoms with E-state index in [9.17, 15) is 5.21 Å². The van der Waals surface area contributed by atoms with Gasteiger partial charge in [0.25, 0.3) is 5.82 Å². The van der Waals surface area contributed by atoms with E-state index < -0.39 is 0 Å². The van der Waals surface area contributed by atoms with Crippen LogP contribution in [0.25, 0.3) is 22.4 Å². The molecule has 0 saturated heterocycles. The standard InChI is InChI=1S/C14H12N2O/c1-15-12-9-5-6-10-13(12)16(17)14(15)11-7-3-2-4-8-11/h2-10H,1H3. The summed E-state index contributed by atoms with van der Waals surface area (Å²) in [5, 5.41) is 12.2. The predicted octanol–water partition coefficient (Wildman–Crippen LogP) is 2.48. The molecule has 0 aliphatic rings. The number of hydrogen-bond acceptors (Lipinski definition) is 1. The van der Waals surface area contributed by atoms with Crippen molar-refractivity contribution in [3.63, 3.8) is 0 Å². The van der Waals surface area contributed by atoms with Crippen LogP contribution in [0.4, 0.5) is 0 Å². The average molecular weight is 224 g/mol. The van der Waals surface area contributed by atoms with Crippen molar-refractivity contribution in [3.05, 3.63) is 59.8 Å². The zero-order valence-corrected chi connectivity index (χ0v) is 9.50. The number of imidazole rings is 1. The van der Waals surface area contributed by atoms with Gasteiger partial charge in [0.1, 0.15) is 0 Å². The summed E-state index contributed by atoms with van der Waals surface area (Å²) in [6.45, 7) is 0. The maximum absolute atomic E-state index is 12.2. The molecule has 2 aromatic carbocycles. The van der Waals surface area contributed by atoms with Crippen LogP contribution in [-0.2, 0) is 7.05 Å². The molecule has 0 fully saturated rings. The molecule has 3 rings (SSSR count). The summed E-state index contributed by atoms with van der Waals surface area (Å²) in [5.74, 6) is 0.673. The third-order valence-corrected chi connectivity index (χ3v) is 3.00. The molecule has 0 unspecified atom stereocenters. The minimum Gasteiger partial charge on any atom is -0.710 e. The van der Waals surface area contributed by atoms with Crippen LogP contribution >= 0.6 is 0 Å². The van der Waals surface area contributed by atoms with Gasteiger partial charge in [0.2, 0.25) is 0 Å². The van der Waals surface area contributed by atoms with Gasteiger partial charge in [-0.15, -0.1) is 0 Å². The van der Waals surface area contributed by atoms with Crippen LogP contribution < -0.4 is 4.73 Å². The van der Waals surface area contributed by atoms with Crippen molar-refractivity contribution in [2.24, 2.45) is 7.05 Å². The second-order valence-corrected chi connectivity index (χ2v) is 4.03. The van der Waals surface area contributed by atoms with Crippen LogP contribution in [-0.4, -0.2) is 4.57 Å². The van der Waals surface area contributed by atoms with Crippen molar-refractivity contribution in [1.82, 2.24) is 4.57 Å². The molecule has 0 atom stereocenters. The third-order valence-electron chi connectivity index (χ3n) is 3.00. The van der Waals surface area contributed by atoms with Crippen molar-refractivity contribution >= 4 is 11.0 Å². The molecule has 1 aromatic heterocycles. The maximum atomic E-state index is 12.2. The van der Waals surface area contributed by atoms with Crippen LogP contribution in [0, 0.1) is 5.21 Å². The molecule has 3 heteroatoms. The fourth-order valence-electron chi connectivity index (χ4n) is 2.18. The SMILES string of the molecule is Cn1c(-c2ccccc2)[n+]([O-])c2ccccc21. The van der Waals surface area contributed by atoms with Crippen molar-refractivity contribution in [1.29, 1.82) is 0 Å². The van der Waals surface area contributed by atoms with E-state index in [1.807, 2.05) is 66.2 Å². The van der Waals surface area contributed by atoms with E-state index in [1.165, 1.54) is 0 Å². The highest BCUT2D eigenvalue weighted by molar-refractivity contribution is 5.75. The number of nitrogens with zero attached hydrogens (tertiary/aromatic N) is 2. The first-order valence-electron chi connectivity index (χ1n) is 5.51. The van der Waals surface area contributed by atoms with Gasteiger partial charge in [0, 0.05) is 0 Å². The lowest BCUT2D eigenvalue weighted by Crippen LogP contribution is -2.27. The van der Waals surface area contributed by atoms with Crippen molar-refractivity contribution in [2.45, 2.75) is 0 Å². The first-order valence-corrected chi connectivity index (χ1v) is 5.51. The van der Waals surface area contributed by atoms with Gasteiger partial charge in [0.15, 0.2) is 11.0 Å². The molecular weight excluding hydrogens is 212 g/mol. The highest BCUT2D eigenvalue weighted by Gasteiger charge is 2.19. The van der Waals surface area contributed by atoms with Gasteiger partial charge < -0.3 is 5.21 Å². The van der Waals surface area contributed by atoms with Crippen LogP contribution in [0.1, 0.15) is 0 Å². The van der Waals surface area contributed by atoms with E-state index >= 15 is 0 Å². The molecule has 0 saturated carbocycles. The topological polar surface area (TPSA) is 31.9 Å². The van der Waals surface area contributed by atoms with Crippen molar-refractivity contribution in [2.75, 3.05) is 0 Å². The first-order chi connectivity index (χ1) is 8.29. The number of aryl methyl sites for hydroxylation is 1. The van der Waals surface area contributed by atoms with E-state index in [-0.39, 0.29) is 0 Å². The van der Waals surface area contributed by atoms with Gasteiger partial charge in [-0.1, -0.05) is 30.3 Å². The Bertz CT molecular complexity index is 632. The zero-order chi connectivity index (χ0) is 11.8. The fourth-order valence-corrected chi connectivity index (χ4v) is 2.18. The lowest BCUT2D eigenvalue weighted by Gasteiger charge is -2.03. The van der Waals surface area contributed by atoms with Gasteiger partial charge in [-0.2, -0.15) is 0 Å². The molecule has 0 bridgehead atoms. The summed E-state index contributed by atoms with van der Waals surface area (Å²) in [6, 6.07) is 17.3. The minimum absolute atomic E-state index is 0.673. The van der Waals surface area contributed by atoms with E-state index in [0.717, 1.165) is 15.8 Å². The number of fused-ring (bicyclic) bond motifs is 1. The molecule has 3 aromatic rings. The lowest BCUT2D eigenvalue weighted by atomic mass is 10.2. The lowest BCUT2D eigenvalue weighted by molar-refractivity contribution is -0.565. The van der Waals surface area contributed by atoms with E-state index in [4.69, 9.17) is 0 Å². The summed E-state index contributed by atoms with van der Waals surface area (Å²) in [6.07, 6.45) is 0. The van der Waals surface area contributed by atoms with E-state index in [2.05, 4.69) is 0 Å². The summed E-state index contributed by atoms with van der Waals surface area (Å²) < 4.78 is 2.92. The van der Waals surface area contributed by atoms with Crippen LogP contribution in [0.5, 0.6) is 0 Å². The van der Waals surface area contributed by atoms with Gasteiger partial charge in [0.05, 0.1) is 12.6 Å². The second-order valence-electron chi connectivity index (χ2n) is 4.03. The highest BCUT2D eigenvalue weighted by atomic mass is 16.5. The molecule has 0 aliphatic carbocycles. The second kappa shape index (κ2) is 3.63. The maximum Gasteiger partial charge on any atom is 0.292 e. The minimum atomic E-state index is 0.673. The molecule has 0 radical (unpaired) electrons. The largest absolute Gasteiger partial charge is 0.710 e. The number of aromatic nitrogens is 2. The normalized spacial score (nSPS) is 10.9. The summed E-state index contributed by atoms with van der Waals surface area (Å²) in [4.78, 5) is 0. The Balaban J connectivity index is 2.38. The molecular formula is C14H12N2O. The fraction of sp³-hybridized carbons (Fsp3) is 0.0714. The Morgan fingerprint density at radius 3 is 2.29 bits per heavy atom. The third kappa shape index (κ3) is 1.40. The summed E-state index contributed by atoms with van der Waals surface area (Å²) >= 11 is 0. The molecule has 0 amide bonds. The van der Waals surface area contributed by atoms with Gasteiger partial charge in [-0.25, -0.2) is 9.30 Å². The van der Waals surface area contributed by atoms with Gasteiger partial charge >= 0.3 is 0 Å². The molecule has 0 aliphatic heterocycles. The zero-order valence-electron chi connectivity index (χ0n) is 9.50. The Labute approximate surface area is 99.1 Å². The average Bonchev–Trinajstić information content (AvgIpc) is 2.64. The Morgan fingerprint density at radius 1 is 0.941 bits per heavy atom. The molecule has 84 valence electrons. The first kappa shape index (κ1) is 9.90. The molecule has 17 heavy (non-hydrogen) atoms. The monoisotopic (exact) mass is 224 g/mol. The van der Waals surface area contributed by atoms with Gasteiger partial charge in [-0.3, -0.25) is 0 Å². The molecule has 0 spiro atoms. The number of hydrogen-bond donors (Lipinski definition) is 0. The van der Waals surface area contributed by atoms with Crippen LogP contribution in [0.3, 0.4) is 0 Å². The Kier molecular flexibility index (Phi) is 2.11. The number of benzene rings is 2. The summed E-state index contributed by atoms with van der Waals surface area (Å²) in [7, 11) is 1.92. The Hall–Kier alpha value is -2.29. The predicted molar refractivity (Wildman–Crippen MR) is 67.3 cm³/mol. The Morgan fingerprint density at radius 2 is 1.59 bits per heavy atom. The van der Waals surface area contributed by atoms with E-state index in [0.29, 0.717) is 11.3 Å². The van der Waals surface area contributed by atoms with Gasteiger partial charge in [-0.05, 0) is 24.3 Å². The molecule has 3 nitrogen and oxygen atoms in total. The van der Waals surface area contributed by atoms with Crippen molar-refractivity contribution in [3.8, 4) is 11.4 Å². The number of para-hydroxylation sites is 2. The quantitative estimate of drug-likeness (QED) is 0.461. The molecule has 1 heterocycles. The van der Waals surface area contributed by atoms with Crippen molar-refractivity contribution < 1.29 is 4.73 Å². The number of rotatable bonds is 1. The smallest absolute Gasteiger partial charge is 0.292 e. The molecule has 0 N–H and O–H groups in total. The van der Waals surface area contributed by atoms with E-state index in [1.54, 1.807) is 0 Å². The highest BCUT2D eigenvalue weighted by Crippen LogP contribution is 2.20. The van der Waals surface area contributed by atoms with Crippen LogP contribution in [0.15, 0.2) is 54.6 Å².